The second-order valence-corrected chi connectivity index (χ2v) is 11.6. The van der Waals surface area contributed by atoms with Crippen molar-refractivity contribution in [3.8, 4) is 0 Å². The zero-order valence-electron chi connectivity index (χ0n) is 23.7. The Morgan fingerprint density at radius 2 is 1.56 bits per heavy atom. The zero-order chi connectivity index (χ0) is 30.5. The third-order valence-electron chi connectivity index (χ3n) is 8.57. The molecule has 3 fully saturated rings. The van der Waals surface area contributed by atoms with Crippen molar-refractivity contribution in [2.24, 2.45) is 17.3 Å². The summed E-state index contributed by atoms with van der Waals surface area (Å²) >= 11 is 6.21. The quantitative estimate of drug-likeness (QED) is 0.210. The van der Waals surface area contributed by atoms with E-state index < -0.39 is 88.8 Å². The predicted octanol–water partition coefficient (Wildman–Crippen LogP) is 1.54. The molecule has 4 aliphatic rings. The first-order valence-corrected chi connectivity index (χ1v) is 13.8. The number of rotatable bonds is 5. The minimum Gasteiger partial charge on any atom is -0.459 e. The number of fused-ring (bicyclic) bond motifs is 3. The van der Waals surface area contributed by atoms with E-state index >= 15 is 0 Å². The number of allylic oxidation sites excluding steroid dienone is 2. The molecule has 0 bridgehead atoms. The summed E-state index contributed by atoms with van der Waals surface area (Å²) in [6.45, 7) is 7.86. The lowest BCUT2D eigenvalue weighted by Gasteiger charge is -2.57. The summed E-state index contributed by atoms with van der Waals surface area (Å²) in [4.78, 5) is 62.8. The minimum absolute atomic E-state index is 0.00818. The van der Waals surface area contributed by atoms with Gasteiger partial charge in [0.2, 0.25) is 0 Å². The van der Waals surface area contributed by atoms with Crippen LogP contribution < -0.4 is 0 Å². The molecule has 41 heavy (non-hydrogen) atoms. The van der Waals surface area contributed by atoms with E-state index in [0.717, 1.165) is 6.92 Å². The van der Waals surface area contributed by atoms with Gasteiger partial charge in [-0.15, -0.1) is 11.6 Å². The van der Waals surface area contributed by atoms with Crippen molar-refractivity contribution in [1.29, 1.82) is 0 Å². The highest BCUT2D eigenvalue weighted by atomic mass is 35.5. The fraction of sp³-hybridized carbons (Fsp3) is 0.679. The van der Waals surface area contributed by atoms with E-state index in [1.165, 1.54) is 39.8 Å². The van der Waals surface area contributed by atoms with Crippen LogP contribution in [-0.2, 0) is 52.4 Å². The molecule has 0 aromatic rings. The first kappa shape index (κ1) is 31.0. The van der Waals surface area contributed by atoms with Crippen LogP contribution in [0, 0.1) is 17.3 Å². The van der Waals surface area contributed by atoms with Crippen molar-refractivity contribution >= 4 is 41.4 Å². The van der Waals surface area contributed by atoms with Crippen LogP contribution in [0.25, 0.3) is 0 Å². The highest BCUT2D eigenvalue weighted by Crippen LogP contribution is 2.62. The topological polar surface area (TPSA) is 164 Å². The number of carbonyl (C=O) groups excluding carboxylic acids is 5. The molecule has 1 spiro atoms. The van der Waals surface area contributed by atoms with Crippen molar-refractivity contribution in [2.45, 2.75) is 89.7 Å². The lowest BCUT2D eigenvalue weighted by atomic mass is 9.52. The molecule has 226 valence electrons. The molecule has 1 saturated carbocycles. The number of alkyl halides is 1. The van der Waals surface area contributed by atoms with Crippen LogP contribution in [0.1, 0.15) is 48.0 Å². The smallest absolute Gasteiger partial charge is 0.312 e. The van der Waals surface area contributed by atoms with Crippen LogP contribution in [0.3, 0.4) is 0 Å². The highest BCUT2D eigenvalue weighted by Gasteiger charge is 2.76. The zero-order valence-corrected chi connectivity index (χ0v) is 24.5. The summed E-state index contributed by atoms with van der Waals surface area (Å²) < 4.78 is 34.8. The Kier molecular flexibility index (Phi) is 8.34. The molecule has 12 nitrogen and oxygen atoms in total. The van der Waals surface area contributed by atoms with E-state index in [4.69, 9.17) is 40.0 Å². The first-order valence-electron chi connectivity index (χ1n) is 13.3. The lowest BCUT2D eigenvalue weighted by molar-refractivity contribution is -0.255. The van der Waals surface area contributed by atoms with Gasteiger partial charge in [0.05, 0.1) is 17.9 Å². The normalized spacial score (nSPS) is 41.2. The average Bonchev–Trinajstić information content (AvgIpc) is 3.58. The van der Waals surface area contributed by atoms with Crippen molar-refractivity contribution in [3.63, 3.8) is 0 Å². The third kappa shape index (κ3) is 5.37. The summed E-state index contributed by atoms with van der Waals surface area (Å²) in [6, 6.07) is 0. The predicted molar refractivity (Wildman–Crippen MR) is 139 cm³/mol. The molecule has 2 saturated heterocycles. The molecule has 0 aromatic carbocycles. The van der Waals surface area contributed by atoms with E-state index in [1.54, 1.807) is 13.0 Å². The fourth-order valence-corrected chi connectivity index (χ4v) is 6.97. The van der Waals surface area contributed by atoms with Gasteiger partial charge in [-0.2, -0.15) is 0 Å². The molecule has 2 heterocycles. The Bertz CT molecular complexity index is 1190. The monoisotopic (exact) mass is 598 g/mol. The number of carbonyl (C=O) groups is 5. The summed E-state index contributed by atoms with van der Waals surface area (Å²) in [7, 11) is 0. The van der Waals surface area contributed by atoms with Crippen molar-refractivity contribution in [3.05, 3.63) is 23.8 Å². The molecule has 2 aliphatic carbocycles. The van der Waals surface area contributed by atoms with E-state index in [0.29, 0.717) is 5.57 Å². The van der Waals surface area contributed by atoms with Gasteiger partial charge in [-0.05, 0) is 24.6 Å². The Morgan fingerprint density at radius 3 is 2.07 bits per heavy atom. The van der Waals surface area contributed by atoms with Crippen molar-refractivity contribution < 1.29 is 57.5 Å². The molecule has 0 amide bonds. The molecule has 13 heteroatoms. The molecule has 1 N–H and O–H groups in total. The third-order valence-corrected chi connectivity index (χ3v) is 8.88. The SMILES string of the molecule is CC(=O)O[C@@H]1[C@H](OC(C)=O)C[C@@]2(CO2)[C@H]2[C@@H](OC(C)=O)[C@@]3(O)[C@H](C)C(=O)O[C@@H]3C=C(CCl)C=C[C@@H](OC(C)=O)[C@]12C. The van der Waals surface area contributed by atoms with Crippen molar-refractivity contribution in [1.82, 2.24) is 0 Å². The second-order valence-electron chi connectivity index (χ2n) is 11.3. The second kappa shape index (κ2) is 11.0. The van der Waals surface area contributed by atoms with E-state index in [-0.39, 0.29) is 18.9 Å². The lowest BCUT2D eigenvalue weighted by Crippen LogP contribution is -2.71. The largest absolute Gasteiger partial charge is 0.459 e. The van der Waals surface area contributed by atoms with Gasteiger partial charge >= 0.3 is 29.8 Å². The molecule has 10 atom stereocenters. The van der Waals surface area contributed by atoms with E-state index in [2.05, 4.69) is 0 Å². The molecule has 0 radical (unpaired) electrons. The fourth-order valence-electron chi connectivity index (χ4n) is 6.79. The Balaban J connectivity index is 2.09. The Morgan fingerprint density at radius 1 is 1.00 bits per heavy atom. The maximum absolute atomic E-state index is 12.9. The van der Waals surface area contributed by atoms with Crippen LogP contribution in [0.15, 0.2) is 23.8 Å². The summed E-state index contributed by atoms with van der Waals surface area (Å²) in [6.07, 6.45) is -1.85. The molecular weight excluding hydrogens is 564 g/mol. The number of ether oxygens (including phenoxy) is 6. The number of esters is 5. The molecule has 2 aliphatic heterocycles. The van der Waals surface area contributed by atoms with Gasteiger partial charge in [0.25, 0.3) is 0 Å². The molecule has 4 rings (SSSR count). The molecule has 0 unspecified atom stereocenters. The Hall–Kier alpha value is -2.96. The van der Waals surface area contributed by atoms with Gasteiger partial charge in [-0.1, -0.05) is 13.0 Å². The number of epoxide rings is 1. The summed E-state index contributed by atoms with van der Waals surface area (Å²) in [5.74, 6) is -5.96. The summed E-state index contributed by atoms with van der Waals surface area (Å²) in [5.41, 5.74) is -4.55. The van der Waals surface area contributed by atoms with E-state index in [1.807, 2.05) is 0 Å². The van der Waals surface area contributed by atoms with E-state index in [9.17, 15) is 29.1 Å². The maximum atomic E-state index is 12.9. The number of hydrogen-bond acceptors (Lipinski definition) is 12. The van der Waals surface area contributed by atoms with Crippen LogP contribution >= 0.6 is 11.6 Å². The molecular formula is C28H35ClO12. The Labute approximate surface area is 242 Å². The van der Waals surface area contributed by atoms with Crippen LogP contribution in [0.2, 0.25) is 0 Å². The average molecular weight is 599 g/mol. The van der Waals surface area contributed by atoms with Crippen LogP contribution in [0.5, 0.6) is 0 Å². The van der Waals surface area contributed by atoms with Gasteiger partial charge in [0, 0.05) is 45.9 Å². The first-order chi connectivity index (χ1) is 19.1. The number of aliphatic hydroxyl groups is 1. The van der Waals surface area contributed by atoms with Crippen LogP contribution in [0.4, 0.5) is 0 Å². The maximum Gasteiger partial charge on any atom is 0.312 e. The summed E-state index contributed by atoms with van der Waals surface area (Å²) in [5, 5.41) is 12.5. The van der Waals surface area contributed by atoms with Gasteiger partial charge in [0.1, 0.15) is 30.0 Å². The minimum atomic E-state index is -2.16. The van der Waals surface area contributed by atoms with Gasteiger partial charge in [0.15, 0.2) is 11.7 Å². The highest BCUT2D eigenvalue weighted by molar-refractivity contribution is 6.19. The molecule has 0 aromatic heterocycles. The standard InChI is InChI=1S/C28H35ClO12/c1-13-25(34)41-21-9-18(11-29)7-8-20(38-15(3)31)26(6)22(24(28(13,21)35)40-17(5)33)27(12-36-27)10-19(37-14(2)30)23(26)39-16(4)32/h7-9,13,19-24,35H,10-12H2,1-6H3/t13-,19-,20-,21-,22+,23-,24-,26+,27-,28-/m1/s1. The van der Waals surface area contributed by atoms with Gasteiger partial charge < -0.3 is 33.5 Å². The number of hydrogen-bond donors (Lipinski definition) is 1. The van der Waals surface area contributed by atoms with Crippen LogP contribution in [-0.4, -0.2) is 89.2 Å². The van der Waals surface area contributed by atoms with Gasteiger partial charge in [-0.25, -0.2) is 0 Å². The van der Waals surface area contributed by atoms with Gasteiger partial charge in [-0.3, -0.25) is 24.0 Å². The number of halogens is 1. The van der Waals surface area contributed by atoms with Crippen molar-refractivity contribution in [2.75, 3.05) is 12.5 Å².